The number of hydrogen-bond acceptors (Lipinski definition) is 3. The minimum Gasteiger partial charge on any atom is -0.381 e. The molecule has 9 unspecified atom stereocenters. The number of nitrogens with zero attached hydrogens (tertiary/aromatic N) is 1. The standard InChI is InChI=1S/C28H47NO2/c1-31-28-9-5-4-8-25(28)23-12-13-27-26(17-23)24(14-15-30)19-29(27)18-20-10-11-21-6-2-3-7-22(21)16-20/h15,20-28H,2-14,16-19H2,1H3. The molecule has 1 saturated heterocycles. The van der Waals surface area contributed by atoms with E-state index < -0.39 is 0 Å². The van der Waals surface area contributed by atoms with E-state index in [0.29, 0.717) is 12.0 Å². The molecule has 1 aliphatic heterocycles. The Bertz CT molecular complexity index is 594. The molecule has 0 aromatic heterocycles. The molecule has 4 aliphatic carbocycles. The summed E-state index contributed by atoms with van der Waals surface area (Å²) in [6, 6.07) is 0.759. The number of carbonyl (C=O) groups excluding carboxylic acids is 1. The van der Waals surface area contributed by atoms with Gasteiger partial charge in [0.2, 0.25) is 0 Å². The fourth-order valence-electron chi connectivity index (χ4n) is 9.15. The predicted octanol–water partition coefficient (Wildman–Crippen LogP) is 6.10. The maximum atomic E-state index is 11.5. The Balaban J connectivity index is 1.22. The first-order valence-corrected chi connectivity index (χ1v) is 14.0. The third-order valence-corrected chi connectivity index (χ3v) is 10.6. The van der Waals surface area contributed by atoms with Crippen LogP contribution in [0.1, 0.15) is 96.3 Å². The highest BCUT2D eigenvalue weighted by atomic mass is 16.5. The Morgan fingerprint density at radius 1 is 0.806 bits per heavy atom. The number of likely N-dealkylation sites (tertiary alicyclic amines) is 1. The molecule has 0 bridgehead atoms. The van der Waals surface area contributed by atoms with Gasteiger partial charge in [0.25, 0.3) is 0 Å². The van der Waals surface area contributed by atoms with Crippen LogP contribution in [0.4, 0.5) is 0 Å². The van der Waals surface area contributed by atoms with Crippen molar-refractivity contribution >= 4 is 6.29 Å². The molecule has 176 valence electrons. The number of hydrogen-bond donors (Lipinski definition) is 0. The largest absolute Gasteiger partial charge is 0.381 e. The lowest BCUT2D eigenvalue weighted by Crippen LogP contribution is -2.43. The van der Waals surface area contributed by atoms with Crippen molar-refractivity contribution in [1.29, 1.82) is 0 Å². The average molecular weight is 430 g/mol. The maximum absolute atomic E-state index is 11.5. The summed E-state index contributed by atoms with van der Waals surface area (Å²) in [7, 11) is 1.93. The second-order valence-electron chi connectivity index (χ2n) is 12.1. The minimum atomic E-state index is 0.489. The predicted molar refractivity (Wildman–Crippen MR) is 126 cm³/mol. The van der Waals surface area contributed by atoms with Gasteiger partial charge >= 0.3 is 0 Å². The van der Waals surface area contributed by atoms with Crippen LogP contribution in [0.3, 0.4) is 0 Å². The summed E-state index contributed by atoms with van der Waals surface area (Å²) in [5.41, 5.74) is 0. The van der Waals surface area contributed by atoms with Crippen molar-refractivity contribution in [3.63, 3.8) is 0 Å². The second-order valence-corrected chi connectivity index (χ2v) is 12.1. The van der Waals surface area contributed by atoms with Crippen molar-refractivity contribution in [2.75, 3.05) is 20.2 Å². The van der Waals surface area contributed by atoms with Gasteiger partial charge in [0, 0.05) is 32.7 Å². The fourth-order valence-corrected chi connectivity index (χ4v) is 9.15. The number of fused-ring (bicyclic) bond motifs is 2. The molecular weight excluding hydrogens is 382 g/mol. The molecule has 3 nitrogen and oxygen atoms in total. The van der Waals surface area contributed by atoms with E-state index in [1.54, 1.807) is 0 Å². The highest BCUT2D eigenvalue weighted by Crippen LogP contribution is 2.49. The number of rotatable bonds is 6. The molecule has 0 aromatic carbocycles. The Hall–Kier alpha value is -0.410. The first-order valence-electron chi connectivity index (χ1n) is 14.0. The third kappa shape index (κ3) is 4.79. The van der Waals surface area contributed by atoms with Crippen molar-refractivity contribution < 1.29 is 9.53 Å². The Labute approximate surface area is 191 Å². The first-order chi connectivity index (χ1) is 15.3. The molecule has 0 radical (unpaired) electrons. The van der Waals surface area contributed by atoms with Gasteiger partial charge in [-0.3, -0.25) is 4.90 Å². The summed E-state index contributed by atoms with van der Waals surface area (Å²) in [6.45, 7) is 2.53. The van der Waals surface area contributed by atoms with Crippen LogP contribution in [0.2, 0.25) is 0 Å². The van der Waals surface area contributed by atoms with E-state index in [1.807, 2.05) is 7.11 Å². The SMILES string of the molecule is COC1CCCCC1C1CCC2C(C1)C(CC=O)CN2CC1CCC2CCCCC2C1. The van der Waals surface area contributed by atoms with E-state index in [0.717, 1.165) is 48.0 Å². The molecule has 4 saturated carbocycles. The molecule has 31 heavy (non-hydrogen) atoms. The molecule has 0 spiro atoms. The summed E-state index contributed by atoms with van der Waals surface area (Å²) in [6.07, 6.45) is 22.4. The van der Waals surface area contributed by atoms with Crippen LogP contribution in [0.5, 0.6) is 0 Å². The molecule has 9 atom stereocenters. The van der Waals surface area contributed by atoms with Gasteiger partial charge in [-0.25, -0.2) is 0 Å². The molecule has 3 heteroatoms. The van der Waals surface area contributed by atoms with Gasteiger partial charge in [0.05, 0.1) is 6.10 Å². The number of carbonyl (C=O) groups is 1. The van der Waals surface area contributed by atoms with Crippen LogP contribution in [0.15, 0.2) is 0 Å². The van der Waals surface area contributed by atoms with Crippen molar-refractivity contribution in [3.8, 4) is 0 Å². The fraction of sp³-hybridized carbons (Fsp3) is 0.964. The van der Waals surface area contributed by atoms with Crippen LogP contribution in [-0.4, -0.2) is 43.5 Å². The van der Waals surface area contributed by atoms with Gasteiger partial charge in [-0.2, -0.15) is 0 Å². The zero-order valence-electron chi connectivity index (χ0n) is 20.1. The number of aldehydes is 1. The van der Waals surface area contributed by atoms with Gasteiger partial charge in [0.15, 0.2) is 0 Å². The third-order valence-electron chi connectivity index (χ3n) is 10.6. The van der Waals surface area contributed by atoms with Gasteiger partial charge in [0.1, 0.15) is 6.29 Å². The van der Waals surface area contributed by atoms with Crippen molar-refractivity contribution in [2.45, 2.75) is 108 Å². The van der Waals surface area contributed by atoms with E-state index in [9.17, 15) is 4.79 Å². The maximum Gasteiger partial charge on any atom is 0.120 e. The topological polar surface area (TPSA) is 29.5 Å². The first kappa shape index (κ1) is 22.4. The van der Waals surface area contributed by atoms with Gasteiger partial charge < -0.3 is 9.53 Å². The molecule has 1 heterocycles. The van der Waals surface area contributed by atoms with E-state index in [1.165, 1.54) is 109 Å². The summed E-state index contributed by atoms with van der Waals surface area (Å²) in [5.74, 6) is 5.98. The molecule has 0 aromatic rings. The lowest BCUT2D eigenvalue weighted by Gasteiger charge is -2.44. The molecule has 5 fully saturated rings. The van der Waals surface area contributed by atoms with E-state index in [4.69, 9.17) is 4.74 Å². The lowest BCUT2D eigenvalue weighted by atomic mass is 9.66. The molecule has 0 N–H and O–H groups in total. The van der Waals surface area contributed by atoms with Crippen molar-refractivity contribution in [2.24, 2.45) is 41.4 Å². The highest BCUT2D eigenvalue weighted by Gasteiger charge is 2.47. The quantitative estimate of drug-likeness (QED) is 0.478. The van der Waals surface area contributed by atoms with E-state index in [-0.39, 0.29) is 0 Å². The summed E-state index contributed by atoms with van der Waals surface area (Å²) >= 11 is 0. The van der Waals surface area contributed by atoms with Crippen molar-refractivity contribution in [1.82, 2.24) is 4.90 Å². The van der Waals surface area contributed by atoms with Crippen LogP contribution in [-0.2, 0) is 9.53 Å². The van der Waals surface area contributed by atoms with Crippen LogP contribution in [0, 0.1) is 41.4 Å². The highest BCUT2D eigenvalue weighted by molar-refractivity contribution is 5.50. The van der Waals surface area contributed by atoms with Crippen LogP contribution < -0.4 is 0 Å². The van der Waals surface area contributed by atoms with Gasteiger partial charge in [-0.1, -0.05) is 38.5 Å². The van der Waals surface area contributed by atoms with Crippen LogP contribution >= 0.6 is 0 Å². The molecular formula is C28H47NO2. The normalized spacial score (nSPS) is 46.3. The molecule has 5 rings (SSSR count). The summed E-state index contributed by atoms with van der Waals surface area (Å²) in [5, 5.41) is 0. The van der Waals surface area contributed by atoms with Crippen LogP contribution in [0.25, 0.3) is 0 Å². The zero-order valence-corrected chi connectivity index (χ0v) is 20.1. The minimum absolute atomic E-state index is 0.489. The zero-order chi connectivity index (χ0) is 21.2. The van der Waals surface area contributed by atoms with Crippen molar-refractivity contribution in [3.05, 3.63) is 0 Å². The second kappa shape index (κ2) is 10.2. The van der Waals surface area contributed by atoms with Gasteiger partial charge in [-0.15, -0.1) is 0 Å². The smallest absolute Gasteiger partial charge is 0.120 e. The lowest BCUT2D eigenvalue weighted by molar-refractivity contribution is -0.108. The van der Waals surface area contributed by atoms with Gasteiger partial charge in [-0.05, 0) is 92.8 Å². The number of methoxy groups -OCH3 is 1. The number of ether oxygens (including phenoxy) is 1. The monoisotopic (exact) mass is 429 g/mol. The average Bonchev–Trinajstić information content (AvgIpc) is 3.15. The molecule has 5 aliphatic rings. The Morgan fingerprint density at radius 2 is 1.58 bits per heavy atom. The Kier molecular flexibility index (Phi) is 7.40. The summed E-state index contributed by atoms with van der Waals surface area (Å²) in [4.78, 5) is 14.4. The van der Waals surface area contributed by atoms with E-state index in [2.05, 4.69) is 4.90 Å². The Morgan fingerprint density at radius 3 is 2.42 bits per heavy atom. The van der Waals surface area contributed by atoms with E-state index >= 15 is 0 Å². The summed E-state index contributed by atoms with van der Waals surface area (Å²) < 4.78 is 5.94. The molecule has 0 amide bonds.